The van der Waals surface area contributed by atoms with Crippen LogP contribution in [-0.2, 0) is 4.79 Å². The molecule has 8 heteroatoms. The van der Waals surface area contributed by atoms with Crippen molar-refractivity contribution < 1.29 is 14.3 Å². The van der Waals surface area contributed by atoms with Gasteiger partial charge in [-0.25, -0.2) is 5.01 Å². The summed E-state index contributed by atoms with van der Waals surface area (Å²) in [5.74, 6) is 0.921. The van der Waals surface area contributed by atoms with E-state index in [2.05, 4.69) is 35.3 Å². The van der Waals surface area contributed by atoms with Crippen LogP contribution in [0.1, 0.15) is 29.2 Å². The molecule has 6 rings (SSSR count). The fourth-order valence-corrected chi connectivity index (χ4v) is 5.81. The summed E-state index contributed by atoms with van der Waals surface area (Å²) in [4.78, 5) is 17.9. The van der Waals surface area contributed by atoms with Crippen LogP contribution in [0.3, 0.4) is 0 Å². The van der Waals surface area contributed by atoms with E-state index in [9.17, 15) is 4.79 Å². The van der Waals surface area contributed by atoms with E-state index in [0.717, 1.165) is 27.8 Å². The number of benzene rings is 4. The Hall–Kier alpha value is -4.07. The first-order chi connectivity index (χ1) is 19.0. The molecule has 0 saturated carbocycles. The van der Waals surface area contributed by atoms with Crippen LogP contribution >= 0.6 is 23.4 Å². The van der Waals surface area contributed by atoms with E-state index in [1.165, 1.54) is 17.1 Å². The number of thioether (sulfide) groups is 1. The minimum absolute atomic E-state index is 0.122. The van der Waals surface area contributed by atoms with E-state index in [0.29, 0.717) is 33.0 Å². The van der Waals surface area contributed by atoms with Crippen LogP contribution in [-0.4, -0.2) is 36.0 Å². The normalized spacial score (nSPS) is 18.0. The third-order valence-electron chi connectivity index (χ3n) is 6.76. The number of halogens is 1. The van der Waals surface area contributed by atoms with E-state index < -0.39 is 0 Å². The van der Waals surface area contributed by atoms with Gasteiger partial charge in [-0.15, -0.1) is 0 Å². The molecule has 39 heavy (non-hydrogen) atoms. The van der Waals surface area contributed by atoms with Crippen molar-refractivity contribution in [1.82, 2.24) is 5.01 Å². The van der Waals surface area contributed by atoms with Crippen molar-refractivity contribution in [2.24, 2.45) is 10.1 Å². The molecule has 2 aliphatic heterocycles. The van der Waals surface area contributed by atoms with E-state index >= 15 is 0 Å². The number of hydrazone groups is 1. The standard InChI is InChI=1S/C31H24ClN3O3S/c1-37-27-14-7-19(15-28(27)38-2)16-29-30(36)33-31(39-29)35-26(21-10-12-24(32)13-11-21)18-25(34-35)23-9-8-20-5-3-4-6-22(20)17-23/h3-17,26H,18H2,1-2H3/b29-16-. The number of rotatable bonds is 5. The number of nitrogens with zero attached hydrogens (tertiary/aromatic N) is 3. The Morgan fingerprint density at radius 2 is 1.69 bits per heavy atom. The average Bonchev–Trinajstić information content (AvgIpc) is 3.57. The second kappa shape index (κ2) is 10.6. The van der Waals surface area contributed by atoms with Crippen LogP contribution in [0.4, 0.5) is 0 Å². The number of amides is 1. The van der Waals surface area contributed by atoms with Crippen molar-refractivity contribution >= 4 is 57.0 Å². The summed E-state index contributed by atoms with van der Waals surface area (Å²) >= 11 is 7.50. The Labute approximate surface area is 235 Å². The van der Waals surface area contributed by atoms with Crippen molar-refractivity contribution in [3.05, 3.63) is 112 Å². The number of aliphatic imine (C=N–C) groups is 1. The lowest BCUT2D eigenvalue weighted by Crippen LogP contribution is -2.23. The summed E-state index contributed by atoms with van der Waals surface area (Å²) in [6, 6.07) is 27.8. The Morgan fingerprint density at radius 1 is 0.923 bits per heavy atom. The van der Waals surface area contributed by atoms with Gasteiger partial charge in [0.2, 0.25) is 0 Å². The van der Waals surface area contributed by atoms with Crippen LogP contribution in [0.2, 0.25) is 5.02 Å². The number of fused-ring (bicyclic) bond motifs is 1. The highest BCUT2D eigenvalue weighted by Crippen LogP contribution is 2.40. The minimum atomic E-state index is -0.297. The number of hydrogen-bond acceptors (Lipinski definition) is 6. The van der Waals surface area contributed by atoms with Gasteiger partial charge in [0.15, 0.2) is 16.7 Å². The van der Waals surface area contributed by atoms with Crippen LogP contribution in [0.5, 0.6) is 11.5 Å². The van der Waals surface area contributed by atoms with Gasteiger partial charge in [-0.2, -0.15) is 10.1 Å². The summed E-state index contributed by atoms with van der Waals surface area (Å²) < 4.78 is 10.7. The van der Waals surface area contributed by atoms with Crippen LogP contribution in [0.25, 0.3) is 16.8 Å². The molecule has 4 aromatic rings. The van der Waals surface area contributed by atoms with Crippen molar-refractivity contribution in [3.8, 4) is 11.5 Å². The maximum absolute atomic E-state index is 13.0. The summed E-state index contributed by atoms with van der Waals surface area (Å²) in [6.45, 7) is 0. The lowest BCUT2D eigenvalue weighted by atomic mass is 9.97. The largest absolute Gasteiger partial charge is 0.493 e. The van der Waals surface area contributed by atoms with Crippen molar-refractivity contribution in [2.45, 2.75) is 12.5 Å². The van der Waals surface area contributed by atoms with E-state index in [-0.39, 0.29) is 11.9 Å². The van der Waals surface area contributed by atoms with Gasteiger partial charge < -0.3 is 9.47 Å². The highest BCUT2D eigenvalue weighted by Gasteiger charge is 2.36. The molecule has 194 valence electrons. The summed E-state index contributed by atoms with van der Waals surface area (Å²) in [7, 11) is 3.17. The molecule has 0 aromatic heterocycles. The van der Waals surface area contributed by atoms with Gasteiger partial charge in [-0.3, -0.25) is 4.79 Å². The third-order valence-corrected chi connectivity index (χ3v) is 7.98. The molecule has 1 unspecified atom stereocenters. The lowest BCUT2D eigenvalue weighted by molar-refractivity contribution is -0.113. The monoisotopic (exact) mass is 553 g/mol. The molecule has 0 saturated heterocycles. The molecule has 0 aliphatic carbocycles. The molecule has 0 bridgehead atoms. The third kappa shape index (κ3) is 5.03. The quantitative estimate of drug-likeness (QED) is 0.242. The highest BCUT2D eigenvalue weighted by molar-refractivity contribution is 8.18. The zero-order chi connectivity index (χ0) is 26.9. The average molecular weight is 554 g/mol. The zero-order valence-corrected chi connectivity index (χ0v) is 22.9. The number of carbonyl (C=O) groups excluding carboxylic acids is 1. The molecule has 6 nitrogen and oxygen atoms in total. The maximum Gasteiger partial charge on any atom is 0.286 e. The predicted molar refractivity (Wildman–Crippen MR) is 159 cm³/mol. The fourth-order valence-electron chi connectivity index (χ4n) is 4.76. The number of ether oxygens (including phenoxy) is 2. The van der Waals surface area contributed by atoms with Gasteiger partial charge in [-0.1, -0.05) is 66.2 Å². The molecule has 0 radical (unpaired) electrons. The van der Waals surface area contributed by atoms with Crippen LogP contribution in [0, 0.1) is 0 Å². The van der Waals surface area contributed by atoms with Gasteiger partial charge in [0.1, 0.15) is 0 Å². The lowest BCUT2D eigenvalue weighted by Gasteiger charge is -2.22. The van der Waals surface area contributed by atoms with E-state index in [1.54, 1.807) is 14.2 Å². The van der Waals surface area contributed by atoms with Crippen molar-refractivity contribution in [3.63, 3.8) is 0 Å². The molecule has 0 fully saturated rings. The molecule has 0 spiro atoms. The van der Waals surface area contributed by atoms with Crippen LogP contribution < -0.4 is 9.47 Å². The smallest absolute Gasteiger partial charge is 0.286 e. The minimum Gasteiger partial charge on any atom is -0.493 e. The topological polar surface area (TPSA) is 63.5 Å². The summed E-state index contributed by atoms with van der Waals surface area (Å²) in [6.07, 6.45) is 2.48. The molecular weight excluding hydrogens is 530 g/mol. The van der Waals surface area contributed by atoms with E-state index in [4.69, 9.17) is 26.2 Å². The highest BCUT2D eigenvalue weighted by atomic mass is 35.5. The first-order valence-electron chi connectivity index (χ1n) is 12.4. The number of carbonyl (C=O) groups is 1. The second-order valence-corrected chi connectivity index (χ2v) is 10.6. The first kappa shape index (κ1) is 25.2. The molecule has 0 N–H and O–H groups in total. The Kier molecular flexibility index (Phi) is 6.85. The van der Waals surface area contributed by atoms with Crippen LogP contribution in [0.15, 0.2) is 99.9 Å². The van der Waals surface area contributed by atoms with Crippen molar-refractivity contribution in [2.75, 3.05) is 14.2 Å². The Balaban J connectivity index is 1.34. The zero-order valence-electron chi connectivity index (χ0n) is 21.3. The van der Waals surface area contributed by atoms with E-state index in [1.807, 2.05) is 65.7 Å². The maximum atomic E-state index is 13.0. The Morgan fingerprint density at radius 3 is 2.46 bits per heavy atom. The van der Waals surface area contributed by atoms with Gasteiger partial charge in [-0.05, 0) is 75.6 Å². The Bertz CT molecular complexity index is 1680. The molecular formula is C31H24ClN3O3S. The number of methoxy groups -OCH3 is 2. The van der Waals surface area contributed by atoms with Gasteiger partial charge in [0.05, 0.1) is 30.9 Å². The van der Waals surface area contributed by atoms with Gasteiger partial charge in [0.25, 0.3) is 5.91 Å². The van der Waals surface area contributed by atoms with Gasteiger partial charge in [0, 0.05) is 11.4 Å². The fraction of sp³-hybridized carbons (Fsp3) is 0.129. The summed E-state index contributed by atoms with van der Waals surface area (Å²) in [5.41, 5.74) is 3.85. The molecule has 4 aromatic carbocycles. The first-order valence-corrected chi connectivity index (χ1v) is 13.6. The molecule has 1 amide bonds. The number of amidine groups is 1. The number of hydrogen-bond donors (Lipinski definition) is 0. The predicted octanol–water partition coefficient (Wildman–Crippen LogP) is 7.33. The van der Waals surface area contributed by atoms with Crippen molar-refractivity contribution in [1.29, 1.82) is 0 Å². The molecule has 2 aliphatic rings. The van der Waals surface area contributed by atoms with Gasteiger partial charge >= 0.3 is 0 Å². The SMILES string of the molecule is COc1ccc(/C=C2\SC(N3N=C(c4ccc5ccccc5c4)CC3c3ccc(Cl)cc3)=NC2=O)cc1OC. The molecule has 2 heterocycles. The molecule has 1 atom stereocenters. The summed E-state index contributed by atoms with van der Waals surface area (Å²) in [5, 5.41) is 10.4. The second-order valence-electron chi connectivity index (χ2n) is 9.15.